The Bertz CT molecular complexity index is 1020. The van der Waals surface area contributed by atoms with Crippen molar-refractivity contribution >= 4 is 33.2 Å². The highest BCUT2D eigenvalue weighted by Gasteiger charge is 2.27. The summed E-state index contributed by atoms with van der Waals surface area (Å²) in [6.07, 6.45) is 1.71. The van der Waals surface area contributed by atoms with Crippen LogP contribution in [0.4, 0.5) is 5.69 Å². The zero-order valence-corrected chi connectivity index (χ0v) is 17.5. The Balaban J connectivity index is 2.08. The number of sulfonamides is 1. The van der Waals surface area contributed by atoms with Gasteiger partial charge in [0.15, 0.2) is 0 Å². The molecule has 0 atom stereocenters. The summed E-state index contributed by atoms with van der Waals surface area (Å²) in [5.74, 6) is -0.198. The lowest BCUT2D eigenvalue weighted by Gasteiger charge is -2.30. The van der Waals surface area contributed by atoms with Crippen molar-refractivity contribution in [1.29, 1.82) is 0 Å². The summed E-state index contributed by atoms with van der Waals surface area (Å²) >= 11 is 6.08. The van der Waals surface area contributed by atoms with E-state index in [1.54, 1.807) is 24.0 Å². The second kappa shape index (κ2) is 7.26. The van der Waals surface area contributed by atoms with Gasteiger partial charge in [0.1, 0.15) is 0 Å². The van der Waals surface area contributed by atoms with E-state index >= 15 is 0 Å². The first-order valence-corrected chi connectivity index (χ1v) is 10.6. The molecule has 0 aromatic heterocycles. The number of hydrogen-bond acceptors (Lipinski definition) is 3. The average Bonchev–Trinajstić information content (AvgIpc) is 2.62. The molecule has 5 nitrogen and oxygen atoms in total. The number of amides is 1. The van der Waals surface area contributed by atoms with Crippen LogP contribution < -0.4 is 4.90 Å². The lowest BCUT2D eigenvalue weighted by Crippen LogP contribution is -2.35. The molecule has 0 fully saturated rings. The summed E-state index contributed by atoms with van der Waals surface area (Å²) in [6.45, 7) is 4.18. The Kier molecular flexibility index (Phi) is 5.34. The van der Waals surface area contributed by atoms with Gasteiger partial charge >= 0.3 is 0 Å². The van der Waals surface area contributed by atoms with Crippen LogP contribution >= 0.6 is 11.6 Å². The molecule has 0 saturated heterocycles. The van der Waals surface area contributed by atoms with E-state index in [4.69, 9.17) is 11.6 Å². The number of benzene rings is 2. The van der Waals surface area contributed by atoms with Crippen LogP contribution in [-0.2, 0) is 16.4 Å². The molecule has 2 aromatic rings. The summed E-state index contributed by atoms with van der Waals surface area (Å²) in [4.78, 5) is 15.1. The number of aryl methyl sites for hydroxylation is 2. The summed E-state index contributed by atoms with van der Waals surface area (Å²) in [5, 5.41) is 0.647. The van der Waals surface area contributed by atoms with Crippen LogP contribution in [0.2, 0.25) is 5.02 Å². The fraction of sp³-hybridized carbons (Fsp3) is 0.350. The maximum Gasteiger partial charge on any atom is 0.258 e. The minimum absolute atomic E-state index is 0.171. The molecule has 0 aliphatic carbocycles. The van der Waals surface area contributed by atoms with Crippen molar-refractivity contribution in [3.63, 3.8) is 0 Å². The van der Waals surface area contributed by atoms with E-state index in [0.29, 0.717) is 22.7 Å². The molecule has 0 unspecified atom stereocenters. The molecule has 1 aliphatic rings. The first-order chi connectivity index (χ1) is 12.6. The molecule has 1 aliphatic heterocycles. The van der Waals surface area contributed by atoms with Crippen LogP contribution in [0, 0.1) is 13.8 Å². The van der Waals surface area contributed by atoms with Crippen molar-refractivity contribution < 1.29 is 13.2 Å². The molecular formula is C20H23ClN2O3S. The van der Waals surface area contributed by atoms with Crippen LogP contribution in [0.1, 0.15) is 33.5 Å². The molecule has 27 heavy (non-hydrogen) atoms. The van der Waals surface area contributed by atoms with Crippen molar-refractivity contribution in [1.82, 2.24) is 4.31 Å². The minimum Gasteiger partial charge on any atom is -0.308 e. The largest absolute Gasteiger partial charge is 0.308 e. The van der Waals surface area contributed by atoms with Crippen LogP contribution in [0.25, 0.3) is 0 Å². The number of halogens is 1. The molecule has 0 N–H and O–H groups in total. The van der Waals surface area contributed by atoms with Crippen LogP contribution in [0.15, 0.2) is 35.2 Å². The standard InChI is InChI=1S/C20H23ClN2O3S/c1-13-10-16(12-19(14(13)2)27(25,26)22(3)4)20(24)23-9-5-6-15-11-17(21)7-8-18(15)23/h7-8,10-12H,5-6,9H2,1-4H3. The molecule has 3 rings (SSSR count). The maximum absolute atomic E-state index is 13.2. The fourth-order valence-electron chi connectivity index (χ4n) is 3.35. The second-order valence-corrected chi connectivity index (χ2v) is 9.59. The van der Waals surface area contributed by atoms with E-state index in [1.165, 1.54) is 24.5 Å². The number of anilines is 1. The van der Waals surface area contributed by atoms with Gasteiger partial charge in [-0.1, -0.05) is 11.6 Å². The summed E-state index contributed by atoms with van der Waals surface area (Å²) in [7, 11) is -0.659. The summed E-state index contributed by atoms with van der Waals surface area (Å²) in [5.41, 5.74) is 3.68. The quantitative estimate of drug-likeness (QED) is 0.778. The van der Waals surface area contributed by atoms with E-state index in [-0.39, 0.29) is 10.8 Å². The molecular weight excluding hydrogens is 384 g/mol. The first kappa shape index (κ1) is 19.9. The minimum atomic E-state index is -3.64. The first-order valence-electron chi connectivity index (χ1n) is 8.77. The predicted octanol–water partition coefficient (Wildman–Crippen LogP) is 3.80. The van der Waals surface area contributed by atoms with Crippen LogP contribution in [0.3, 0.4) is 0 Å². The van der Waals surface area contributed by atoms with E-state index in [1.807, 2.05) is 19.1 Å². The average molecular weight is 407 g/mol. The maximum atomic E-state index is 13.2. The number of fused-ring (bicyclic) bond motifs is 1. The number of carbonyl (C=O) groups is 1. The molecule has 0 saturated carbocycles. The molecule has 1 amide bonds. The molecule has 144 valence electrons. The summed E-state index contributed by atoms with van der Waals surface area (Å²) in [6, 6.07) is 8.76. The van der Waals surface area contributed by atoms with Gasteiger partial charge in [0, 0.05) is 36.9 Å². The Morgan fingerprint density at radius 2 is 1.85 bits per heavy atom. The Morgan fingerprint density at radius 1 is 1.15 bits per heavy atom. The van der Waals surface area contributed by atoms with Gasteiger partial charge in [-0.3, -0.25) is 4.79 Å². The Morgan fingerprint density at radius 3 is 2.52 bits per heavy atom. The topological polar surface area (TPSA) is 57.7 Å². The van der Waals surface area contributed by atoms with Crippen molar-refractivity contribution in [2.24, 2.45) is 0 Å². The molecule has 0 spiro atoms. The SMILES string of the molecule is Cc1cc(C(=O)N2CCCc3cc(Cl)ccc32)cc(S(=O)(=O)N(C)C)c1C. The number of nitrogens with zero attached hydrogens (tertiary/aromatic N) is 2. The monoisotopic (exact) mass is 406 g/mol. The normalized spacial score (nSPS) is 14.4. The highest BCUT2D eigenvalue weighted by molar-refractivity contribution is 7.89. The fourth-order valence-corrected chi connectivity index (χ4v) is 4.76. The van der Waals surface area contributed by atoms with Gasteiger partial charge in [0.25, 0.3) is 5.91 Å². The molecule has 1 heterocycles. The van der Waals surface area contributed by atoms with E-state index in [9.17, 15) is 13.2 Å². The third kappa shape index (κ3) is 3.61. The second-order valence-electron chi connectivity index (χ2n) is 7.04. The lowest BCUT2D eigenvalue weighted by atomic mass is 9.99. The van der Waals surface area contributed by atoms with Crippen LogP contribution in [-0.4, -0.2) is 39.3 Å². The lowest BCUT2D eigenvalue weighted by molar-refractivity contribution is 0.0985. The number of hydrogen-bond donors (Lipinski definition) is 0. The Hall–Kier alpha value is -1.89. The number of carbonyl (C=O) groups excluding carboxylic acids is 1. The predicted molar refractivity (Wildman–Crippen MR) is 108 cm³/mol. The van der Waals surface area contributed by atoms with Gasteiger partial charge in [-0.15, -0.1) is 0 Å². The van der Waals surface area contributed by atoms with Gasteiger partial charge in [-0.05, 0) is 73.7 Å². The van der Waals surface area contributed by atoms with Gasteiger partial charge in [-0.2, -0.15) is 0 Å². The zero-order chi connectivity index (χ0) is 19.9. The van der Waals surface area contributed by atoms with Crippen molar-refractivity contribution in [2.75, 3.05) is 25.5 Å². The zero-order valence-electron chi connectivity index (χ0n) is 15.9. The van der Waals surface area contributed by atoms with Crippen LogP contribution in [0.5, 0.6) is 0 Å². The van der Waals surface area contributed by atoms with E-state index in [0.717, 1.165) is 29.7 Å². The van der Waals surface area contributed by atoms with Gasteiger partial charge in [0.2, 0.25) is 10.0 Å². The Labute approximate surface area is 165 Å². The highest BCUT2D eigenvalue weighted by atomic mass is 35.5. The highest BCUT2D eigenvalue weighted by Crippen LogP contribution is 2.32. The smallest absolute Gasteiger partial charge is 0.258 e. The van der Waals surface area contributed by atoms with Crippen molar-refractivity contribution in [3.8, 4) is 0 Å². The summed E-state index contributed by atoms with van der Waals surface area (Å²) < 4.78 is 26.5. The molecule has 0 radical (unpaired) electrons. The van der Waals surface area contributed by atoms with Gasteiger partial charge < -0.3 is 4.90 Å². The van der Waals surface area contributed by atoms with Gasteiger partial charge in [-0.25, -0.2) is 12.7 Å². The van der Waals surface area contributed by atoms with E-state index < -0.39 is 10.0 Å². The third-order valence-electron chi connectivity index (χ3n) is 5.03. The third-order valence-corrected chi connectivity index (χ3v) is 7.21. The molecule has 0 bridgehead atoms. The van der Waals surface area contributed by atoms with Crippen molar-refractivity contribution in [3.05, 3.63) is 57.6 Å². The van der Waals surface area contributed by atoms with Gasteiger partial charge in [0.05, 0.1) is 4.90 Å². The van der Waals surface area contributed by atoms with E-state index in [2.05, 4.69) is 0 Å². The molecule has 2 aromatic carbocycles. The van der Waals surface area contributed by atoms with Crippen molar-refractivity contribution in [2.45, 2.75) is 31.6 Å². The molecule has 7 heteroatoms. The number of rotatable bonds is 3.